The predicted octanol–water partition coefficient (Wildman–Crippen LogP) is 2.24. The van der Waals surface area contributed by atoms with Crippen molar-refractivity contribution in [3.05, 3.63) is 60.2 Å². The minimum Gasteiger partial charge on any atom is -0.477 e. The lowest BCUT2D eigenvalue weighted by molar-refractivity contribution is -0.304. The molecule has 2 aromatic rings. The minimum absolute atomic E-state index is 0.0146. The lowest BCUT2D eigenvalue weighted by atomic mass is 9.84. The summed E-state index contributed by atoms with van der Waals surface area (Å²) in [4.78, 5) is 47.6. The van der Waals surface area contributed by atoms with Crippen LogP contribution < -0.4 is 10.6 Å². The van der Waals surface area contributed by atoms with Gasteiger partial charge in [-0.05, 0) is 41.2 Å². The van der Waals surface area contributed by atoms with Crippen molar-refractivity contribution < 1.29 is 44.0 Å². The van der Waals surface area contributed by atoms with Crippen LogP contribution in [0.1, 0.15) is 43.5 Å². The van der Waals surface area contributed by atoms with Crippen molar-refractivity contribution in [1.29, 1.82) is 0 Å². The molecule has 6 atom stereocenters. The summed E-state index contributed by atoms with van der Waals surface area (Å²) in [6.07, 6.45) is -2.45. The lowest BCUT2D eigenvalue weighted by Crippen LogP contribution is -2.66. The molecule has 234 valence electrons. The van der Waals surface area contributed by atoms with Crippen LogP contribution in [-0.4, -0.2) is 94.2 Å². The van der Waals surface area contributed by atoms with E-state index in [1.54, 1.807) is 19.1 Å². The molecule has 43 heavy (non-hydrogen) atoms. The fourth-order valence-corrected chi connectivity index (χ4v) is 5.67. The molecular formula is C31H40N2O9S. The Morgan fingerprint density at radius 1 is 1.12 bits per heavy atom. The molecule has 0 bridgehead atoms. The van der Waals surface area contributed by atoms with Crippen molar-refractivity contribution in [2.24, 2.45) is 5.92 Å². The number of amides is 2. The van der Waals surface area contributed by atoms with E-state index < -0.39 is 60.3 Å². The van der Waals surface area contributed by atoms with E-state index in [0.717, 1.165) is 17.4 Å². The van der Waals surface area contributed by atoms with Gasteiger partial charge in [0.15, 0.2) is 0 Å². The molecular weight excluding hydrogens is 576 g/mol. The average Bonchev–Trinajstić information content (AvgIpc) is 3.00. The van der Waals surface area contributed by atoms with Gasteiger partial charge in [0.05, 0.1) is 31.0 Å². The van der Waals surface area contributed by atoms with Crippen molar-refractivity contribution in [2.75, 3.05) is 24.7 Å². The van der Waals surface area contributed by atoms with Crippen LogP contribution in [0, 0.1) is 5.92 Å². The van der Waals surface area contributed by atoms with Crippen LogP contribution in [0.25, 0.3) is 11.1 Å². The number of hydrogen-bond acceptors (Lipinski definition) is 9. The van der Waals surface area contributed by atoms with Gasteiger partial charge in [0, 0.05) is 37.8 Å². The van der Waals surface area contributed by atoms with Crippen LogP contribution in [-0.2, 0) is 23.9 Å². The van der Waals surface area contributed by atoms with Crippen molar-refractivity contribution >= 4 is 35.8 Å². The van der Waals surface area contributed by atoms with Crippen LogP contribution in [0.15, 0.2) is 54.6 Å². The number of carboxylic acids is 1. The standard InChI is InChI=1S/C31H40N2O9S/c1-20(26(37)19-32-29(38)24-12-10-23(11-13-24)22-8-4-3-5-9-22)28-27(33-21(2)35)25(36)18-31(42-28,30(39)40)41-15-7-17-43-16-6-14-34/h3-5,8-14,20,25-28,36-37H,6-7,15-19H2,1-2H3,(H,32,38)(H,33,35)(H,39,40)/t20-,25+,26-,27-,28?,31-/m1/s1. The molecule has 1 fully saturated rings. The van der Waals surface area contributed by atoms with Gasteiger partial charge in [-0.1, -0.05) is 49.4 Å². The van der Waals surface area contributed by atoms with Crippen LogP contribution in [0.4, 0.5) is 0 Å². The number of rotatable bonds is 16. The molecule has 1 aliphatic heterocycles. The molecule has 2 amide bonds. The number of carbonyl (C=O) groups is 4. The molecule has 0 aromatic heterocycles. The first-order valence-corrected chi connectivity index (χ1v) is 15.4. The summed E-state index contributed by atoms with van der Waals surface area (Å²) in [5.74, 6) is -4.09. The zero-order valence-corrected chi connectivity index (χ0v) is 25.1. The number of aliphatic hydroxyl groups excluding tert-OH is 2. The average molecular weight is 617 g/mol. The third kappa shape index (κ3) is 9.60. The van der Waals surface area contributed by atoms with E-state index in [1.165, 1.54) is 18.7 Å². The van der Waals surface area contributed by atoms with E-state index in [1.807, 2.05) is 42.5 Å². The van der Waals surface area contributed by atoms with Crippen molar-refractivity contribution in [3.8, 4) is 11.1 Å². The van der Waals surface area contributed by atoms with Gasteiger partial charge in [-0.15, -0.1) is 0 Å². The SMILES string of the molecule is CC(=O)N[C@H]1C([C@H](C)[C@H](O)CNC(=O)c2ccc(-c3ccccc3)cc2)O[C@@](OCCCSCCC=O)(C(=O)O)C[C@@H]1O. The molecule has 3 rings (SSSR count). The van der Waals surface area contributed by atoms with Crippen LogP contribution >= 0.6 is 11.8 Å². The van der Waals surface area contributed by atoms with E-state index in [9.17, 15) is 34.5 Å². The number of aliphatic hydroxyl groups is 2. The van der Waals surface area contributed by atoms with Gasteiger partial charge in [-0.2, -0.15) is 11.8 Å². The highest BCUT2D eigenvalue weighted by Crippen LogP contribution is 2.35. The van der Waals surface area contributed by atoms with Crippen LogP contribution in [0.2, 0.25) is 0 Å². The molecule has 0 aliphatic carbocycles. The second-order valence-corrected chi connectivity index (χ2v) is 11.7. The predicted molar refractivity (Wildman–Crippen MR) is 161 cm³/mol. The summed E-state index contributed by atoms with van der Waals surface area (Å²) < 4.78 is 11.7. The molecule has 1 saturated heterocycles. The highest BCUT2D eigenvalue weighted by molar-refractivity contribution is 7.99. The fraction of sp³-hybridized carbons (Fsp3) is 0.484. The number of hydrogen-bond donors (Lipinski definition) is 5. The largest absolute Gasteiger partial charge is 0.477 e. The molecule has 1 aliphatic rings. The first-order valence-electron chi connectivity index (χ1n) is 14.2. The topological polar surface area (TPSA) is 171 Å². The number of carbonyl (C=O) groups excluding carboxylic acids is 3. The first kappa shape index (κ1) is 34.2. The number of nitrogens with one attached hydrogen (secondary N) is 2. The van der Waals surface area contributed by atoms with E-state index in [4.69, 9.17) is 9.47 Å². The molecule has 1 heterocycles. The lowest BCUT2D eigenvalue weighted by Gasteiger charge is -2.47. The molecule has 1 unspecified atom stereocenters. The van der Waals surface area contributed by atoms with E-state index in [-0.39, 0.29) is 13.2 Å². The number of thioether (sulfide) groups is 1. The third-order valence-corrected chi connectivity index (χ3v) is 8.37. The van der Waals surface area contributed by atoms with Gasteiger partial charge in [0.25, 0.3) is 11.7 Å². The van der Waals surface area contributed by atoms with Gasteiger partial charge in [0.2, 0.25) is 5.91 Å². The van der Waals surface area contributed by atoms with Gasteiger partial charge < -0.3 is 40.2 Å². The minimum atomic E-state index is -2.20. The summed E-state index contributed by atoms with van der Waals surface area (Å²) in [6.45, 7) is 2.66. The van der Waals surface area contributed by atoms with E-state index in [2.05, 4.69) is 10.6 Å². The number of aldehydes is 1. The Labute approximate surface area is 255 Å². The monoisotopic (exact) mass is 616 g/mol. The summed E-state index contributed by atoms with van der Waals surface area (Å²) in [7, 11) is 0. The fourth-order valence-electron chi connectivity index (χ4n) is 4.88. The number of ether oxygens (including phenoxy) is 2. The molecule has 12 heteroatoms. The van der Waals surface area contributed by atoms with Crippen molar-refractivity contribution in [3.63, 3.8) is 0 Å². The molecule has 0 radical (unpaired) electrons. The van der Waals surface area contributed by atoms with Gasteiger partial charge >= 0.3 is 5.97 Å². The normalized spacial score (nSPS) is 23.1. The number of benzene rings is 2. The molecule has 11 nitrogen and oxygen atoms in total. The zero-order chi connectivity index (χ0) is 31.4. The Morgan fingerprint density at radius 3 is 2.42 bits per heavy atom. The summed E-state index contributed by atoms with van der Waals surface area (Å²) in [5.41, 5.74) is 2.35. The van der Waals surface area contributed by atoms with E-state index >= 15 is 0 Å². The quantitative estimate of drug-likeness (QED) is 0.139. The Balaban J connectivity index is 1.66. The van der Waals surface area contributed by atoms with Crippen LogP contribution in [0.3, 0.4) is 0 Å². The van der Waals surface area contributed by atoms with Crippen molar-refractivity contribution in [1.82, 2.24) is 10.6 Å². The zero-order valence-electron chi connectivity index (χ0n) is 24.3. The van der Waals surface area contributed by atoms with Gasteiger partial charge in [0.1, 0.15) is 6.29 Å². The second-order valence-electron chi connectivity index (χ2n) is 10.5. The number of carboxylic acid groups (broad SMARTS) is 1. The molecule has 0 saturated carbocycles. The third-order valence-electron chi connectivity index (χ3n) is 7.27. The van der Waals surface area contributed by atoms with Crippen LogP contribution in [0.5, 0.6) is 0 Å². The Kier molecular flexibility index (Phi) is 13.1. The first-order chi connectivity index (χ1) is 20.6. The molecule has 2 aromatic carbocycles. The van der Waals surface area contributed by atoms with E-state index in [0.29, 0.717) is 29.9 Å². The summed E-state index contributed by atoms with van der Waals surface area (Å²) >= 11 is 1.53. The van der Waals surface area contributed by atoms with Gasteiger partial charge in [-0.25, -0.2) is 4.79 Å². The van der Waals surface area contributed by atoms with Crippen molar-refractivity contribution in [2.45, 2.75) is 63.3 Å². The summed E-state index contributed by atoms with van der Waals surface area (Å²) in [6, 6.07) is 15.7. The maximum atomic E-state index is 12.8. The maximum absolute atomic E-state index is 12.8. The summed E-state index contributed by atoms with van der Waals surface area (Å²) in [5, 5.41) is 37.3. The maximum Gasteiger partial charge on any atom is 0.364 e. The highest BCUT2D eigenvalue weighted by Gasteiger charge is 2.55. The number of aliphatic carboxylic acids is 1. The molecule has 5 N–H and O–H groups in total. The van der Waals surface area contributed by atoms with Gasteiger partial charge in [-0.3, -0.25) is 9.59 Å². The smallest absolute Gasteiger partial charge is 0.364 e. The molecule has 0 spiro atoms. The Bertz CT molecular complexity index is 1210. The highest BCUT2D eigenvalue weighted by atomic mass is 32.2. The Hall–Kier alpha value is -3.29. The second kappa shape index (κ2) is 16.5. The Morgan fingerprint density at radius 2 is 1.79 bits per heavy atom.